The first-order valence-corrected chi connectivity index (χ1v) is 5.12. The summed E-state index contributed by atoms with van der Waals surface area (Å²) in [5, 5.41) is 9.91. The van der Waals surface area contributed by atoms with Crippen LogP contribution in [0.4, 0.5) is 0 Å². The number of carbonyl (C=O) groups excluding carboxylic acids is 1. The molecule has 0 aromatic carbocycles. The van der Waals surface area contributed by atoms with E-state index < -0.39 is 5.60 Å². The largest absolute Gasteiger partial charge is 0.389 e. The van der Waals surface area contributed by atoms with Gasteiger partial charge in [-0.25, -0.2) is 0 Å². The molecule has 0 radical (unpaired) electrons. The van der Waals surface area contributed by atoms with Gasteiger partial charge in [-0.1, -0.05) is 0 Å². The normalized spacial score (nSPS) is 36.8. The van der Waals surface area contributed by atoms with Gasteiger partial charge in [0.25, 0.3) is 0 Å². The van der Waals surface area contributed by atoms with E-state index in [1.165, 1.54) is 0 Å². The molecule has 2 unspecified atom stereocenters. The van der Waals surface area contributed by atoms with Crippen molar-refractivity contribution in [3.05, 3.63) is 0 Å². The second kappa shape index (κ2) is 3.04. The molecule has 1 aliphatic heterocycles. The maximum Gasteiger partial charge on any atom is 0.135 e. The van der Waals surface area contributed by atoms with Gasteiger partial charge in [-0.3, -0.25) is 0 Å². The van der Waals surface area contributed by atoms with E-state index in [0.29, 0.717) is 0 Å². The van der Waals surface area contributed by atoms with E-state index in [4.69, 9.17) is 0 Å². The van der Waals surface area contributed by atoms with Crippen molar-refractivity contribution in [3.8, 4) is 0 Å². The van der Waals surface area contributed by atoms with Crippen LogP contribution < -0.4 is 0 Å². The molecular formula is C9H16O2S. The van der Waals surface area contributed by atoms with Crippen LogP contribution in [-0.2, 0) is 4.79 Å². The number of carbonyl (C=O) groups is 1. The van der Waals surface area contributed by atoms with Crippen molar-refractivity contribution in [1.82, 2.24) is 0 Å². The first-order chi connectivity index (χ1) is 5.37. The predicted molar refractivity (Wildman–Crippen MR) is 51.4 cm³/mol. The Morgan fingerprint density at radius 2 is 2.25 bits per heavy atom. The molecule has 3 heteroatoms. The molecule has 1 saturated heterocycles. The van der Waals surface area contributed by atoms with Crippen LogP contribution in [0.15, 0.2) is 0 Å². The topological polar surface area (TPSA) is 37.3 Å². The summed E-state index contributed by atoms with van der Waals surface area (Å²) in [5.74, 6) is 0. The van der Waals surface area contributed by atoms with Crippen molar-refractivity contribution in [3.63, 3.8) is 0 Å². The molecule has 0 spiro atoms. The molecule has 1 aliphatic rings. The molecule has 0 aromatic heterocycles. The Labute approximate surface area is 77.7 Å². The third-order valence-electron chi connectivity index (χ3n) is 2.35. The Bertz CT molecular complexity index is 185. The molecule has 2 atom stereocenters. The van der Waals surface area contributed by atoms with Crippen molar-refractivity contribution in [2.45, 2.75) is 49.2 Å². The average molecular weight is 188 g/mol. The first-order valence-electron chi connectivity index (χ1n) is 4.24. The fraction of sp³-hybridized carbons (Fsp3) is 0.889. The molecule has 0 aliphatic carbocycles. The number of rotatable bonds is 2. The van der Waals surface area contributed by atoms with Crippen molar-refractivity contribution >= 4 is 18.0 Å². The average Bonchev–Trinajstić information content (AvgIpc) is 2.32. The SMILES string of the molecule is CC1(C=O)CCC(C(C)(C)O)S1. The smallest absolute Gasteiger partial charge is 0.135 e. The van der Waals surface area contributed by atoms with Crippen molar-refractivity contribution < 1.29 is 9.90 Å². The predicted octanol–water partition coefficient (Wildman–Crippen LogP) is 1.61. The summed E-state index contributed by atoms with van der Waals surface area (Å²) >= 11 is 1.60. The lowest BCUT2D eigenvalue weighted by Gasteiger charge is -2.25. The van der Waals surface area contributed by atoms with Gasteiger partial charge in [0.05, 0.1) is 10.3 Å². The van der Waals surface area contributed by atoms with Crippen LogP contribution in [0.1, 0.15) is 33.6 Å². The van der Waals surface area contributed by atoms with Crippen LogP contribution >= 0.6 is 11.8 Å². The summed E-state index contributed by atoms with van der Waals surface area (Å²) in [7, 11) is 0. The van der Waals surface area contributed by atoms with Gasteiger partial charge in [0.1, 0.15) is 6.29 Å². The van der Waals surface area contributed by atoms with Crippen molar-refractivity contribution in [2.75, 3.05) is 0 Å². The van der Waals surface area contributed by atoms with E-state index >= 15 is 0 Å². The Morgan fingerprint density at radius 1 is 1.67 bits per heavy atom. The van der Waals surface area contributed by atoms with E-state index in [1.807, 2.05) is 6.92 Å². The minimum atomic E-state index is -0.661. The third kappa shape index (κ3) is 2.02. The molecule has 70 valence electrons. The summed E-state index contributed by atoms with van der Waals surface area (Å²) in [4.78, 5) is 10.7. The van der Waals surface area contributed by atoms with Crippen LogP contribution in [0.25, 0.3) is 0 Å². The molecule has 1 rings (SSSR count). The fourth-order valence-electron chi connectivity index (χ4n) is 1.44. The lowest BCUT2D eigenvalue weighted by atomic mass is 9.98. The Morgan fingerprint density at radius 3 is 2.50 bits per heavy atom. The first kappa shape index (κ1) is 10.1. The van der Waals surface area contributed by atoms with Crippen LogP contribution in [0.3, 0.4) is 0 Å². The summed E-state index contributed by atoms with van der Waals surface area (Å²) in [6.45, 7) is 5.55. The fourth-order valence-corrected chi connectivity index (χ4v) is 2.91. The zero-order valence-corrected chi connectivity index (χ0v) is 8.65. The highest BCUT2D eigenvalue weighted by Crippen LogP contribution is 2.45. The van der Waals surface area contributed by atoms with Gasteiger partial charge in [-0.05, 0) is 33.6 Å². The van der Waals surface area contributed by atoms with Gasteiger partial charge in [-0.15, -0.1) is 11.8 Å². The number of aliphatic hydroxyl groups is 1. The number of thioether (sulfide) groups is 1. The van der Waals surface area contributed by atoms with Crippen LogP contribution in [-0.4, -0.2) is 27.0 Å². The summed E-state index contributed by atoms with van der Waals surface area (Å²) in [6.07, 6.45) is 2.82. The molecule has 0 saturated carbocycles. The summed E-state index contributed by atoms with van der Waals surface area (Å²) in [5.41, 5.74) is -0.661. The number of hydrogen-bond acceptors (Lipinski definition) is 3. The second-order valence-electron chi connectivity index (χ2n) is 4.23. The molecule has 0 amide bonds. The van der Waals surface area contributed by atoms with Gasteiger partial charge >= 0.3 is 0 Å². The minimum absolute atomic E-state index is 0.202. The van der Waals surface area contributed by atoms with Gasteiger partial charge in [-0.2, -0.15) is 0 Å². The standard InChI is InChI=1S/C9H16O2S/c1-8(2,11)7-4-5-9(3,6-10)12-7/h6-7,11H,4-5H2,1-3H3. The molecule has 0 aromatic rings. The maximum atomic E-state index is 10.7. The monoisotopic (exact) mass is 188 g/mol. The van der Waals surface area contributed by atoms with Gasteiger partial charge < -0.3 is 9.90 Å². The molecule has 12 heavy (non-hydrogen) atoms. The van der Waals surface area contributed by atoms with E-state index in [9.17, 15) is 9.90 Å². The molecule has 0 bridgehead atoms. The number of hydrogen-bond donors (Lipinski definition) is 1. The molecule has 1 heterocycles. The summed E-state index contributed by atoms with van der Waals surface area (Å²) < 4.78 is -0.259. The Balaban J connectivity index is 2.63. The molecular weight excluding hydrogens is 172 g/mol. The zero-order chi connectivity index (χ0) is 9.41. The molecule has 2 nitrogen and oxygen atoms in total. The molecule has 1 fully saturated rings. The summed E-state index contributed by atoms with van der Waals surface area (Å²) in [6, 6.07) is 0. The van der Waals surface area contributed by atoms with Crippen LogP contribution in [0.5, 0.6) is 0 Å². The highest BCUT2D eigenvalue weighted by molar-refractivity contribution is 8.02. The molecule has 1 N–H and O–H groups in total. The second-order valence-corrected chi connectivity index (χ2v) is 5.97. The van der Waals surface area contributed by atoms with Gasteiger partial charge in [0.15, 0.2) is 0 Å². The third-order valence-corrected chi connectivity index (χ3v) is 4.29. The Hall–Kier alpha value is -0.0200. The number of aldehydes is 1. The lowest BCUT2D eigenvalue weighted by Crippen LogP contribution is -2.32. The highest BCUT2D eigenvalue weighted by Gasteiger charge is 2.41. The van der Waals surface area contributed by atoms with Crippen LogP contribution in [0, 0.1) is 0 Å². The lowest BCUT2D eigenvalue weighted by molar-refractivity contribution is -0.109. The van der Waals surface area contributed by atoms with E-state index in [2.05, 4.69) is 0 Å². The van der Waals surface area contributed by atoms with Gasteiger partial charge in [0.2, 0.25) is 0 Å². The zero-order valence-electron chi connectivity index (χ0n) is 7.83. The van der Waals surface area contributed by atoms with Crippen molar-refractivity contribution in [2.24, 2.45) is 0 Å². The minimum Gasteiger partial charge on any atom is -0.389 e. The Kier molecular flexibility index (Phi) is 2.55. The van der Waals surface area contributed by atoms with E-state index in [-0.39, 0.29) is 10.00 Å². The van der Waals surface area contributed by atoms with Gasteiger partial charge in [0, 0.05) is 5.25 Å². The van der Waals surface area contributed by atoms with E-state index in [1.54, 1.807) is 25.6 Å². The maximum absolute atomic E-state index is 10.7. The van der Waals surface area contributed by atoms with E-state index in [0.717, 1.165) is 19.1 Å². The van der Waals surface area contributed by atoms with Crippen LogP contribution in [0.2, 0.25) is 0 Å². The van der Waals surface area contributed by atoms with Crippen molar-refractivity contribution in [1.29, 1.82) is 0 Å². The quantitative estimate of drug-likeness (QED) is 0.669. The highest BCUT2D eigenvalue weighted by atomic mass is 32.2.